The Balaban J connectivity index is 2.64. The van der Waals surface area contributed by atoms with Crippen molar-refractivity contribution in [2.75, 3.05) is 18.0 Å². The summed E-state index contributed by atoms with van der Waals surface area (Å²) in [7, 11) is 0. The van der Waals surface area contributed by atoms with Crippen molar-refractivity contribution in [2.45, 2.75) is 66.5 Å². The zero-order valence-corrected chi connectivity index (χ0v) is 14.5. The standard InChI is InChI=1S/C18H33N3/c1-6-8-11-21(16(5)7-2)18-10-9-17(14-20-18)13-19-12-15(3)4/h9-10,14-16,19H,6-8,11-13H2,1-5H3. The molecular formula is C18H33N3. The predicted molar refractivity (Wildman–Crippen MR) is 92.8 cm³/mol. The average molecular weight is 291 g/mol. The van der Waals surface area contributed by atoms with Crippen LogP contribution in [0.4, 0.5) is 5.82 Å². The van der Waals surface area contributed by atoms with Gasteiger partial charge >= 0.3 is 0 Å². The van der Waals surface area contributed by atoms with Crippen molar-refractivity contribution < 1.29 is 0 Å². The Labute approximate surface area is 131 Å². The molecule has 1 aromatic rings. The van der Waals surface area contributed by atoms with Gasteiger partial charge in [-0.2, -0.15) is 0 Å². The monoisotopic (exact) mass is 291 g/mol. The highest BCUT2D eigenvalue weighted by Crippen LogP contribution is 2.17. The van der Waals surface area contributed by atoms with E-state index in [9.17, 15) is 0 Å². The minimum Gasteiger partial charge on any atom is -0.354 e. The molecule has 3 nitrogen and oxygen atoms in total. The van der Waals surface area contributed by atoms with Crippen molar-refractivity contribution in [1.29, 1.82) is 0 Å². The number of hydrogen-bond donors (Lipinski definition) is 1. The van der Waals surface area contributed by atoms with Gasteiger partial charge < -0.3 is 10.2 Å². The molecule has 0 spiro atoms. The molecule has 1 atom stereocenters. The molecule has 1 unspecified atom stereocenters. The molecule has 1 heterocycles. The van der Waals surface area contributed by atoms with Gasteiger partial charge in [-0.3, -0.25) is 0 Å². The molecule has 120 valence electrons. The second-order valence-corrected chi connectivity index (χ2v) is 6.35. The molecule has 1 aromatic heterocycles. The van der Waals surface area contributed by atoms with E-state index in [4.69, 9.17) is 0 Å². The van der Waals surface area contributed by atoms with Crippen LogP contribution in [0.1, 0.15) is 59.4 Å². The second-order valence-electron chi connectivity index (χ2n) is 6.35. The van der Waals surface area contributed by atoms with Gasteiger partial charge in [0.15, 0.2) is 0 Å². The van der Waals surface area contributed by atoms with Crippen molar-refractivity contribution in [3.63, 3.8) is 0 Å². The lowest BCUT2D eigenvalue weighted by Gasteiger charge is -2.29. The third-order valence-corrected chi connectivity index (χ3v) is 3.86. The number of nitrogens with zero attached hydrogens (tertiary/aromatic N) is 2. The fraction of sp³-hybridized carbons (Fsp3) is 0.722. The van der Waals surface area contributed by atoms with E-state index in [1.165, 1.54) is 18.4 Å². The quantitative estimate of drug-likeness (QED) is 0.699. The van der Waals surface area contributed by atoms with Crippen LogP contribution in [0.15, 0.2) is 18.3 Å². The minimum absolute atomic E-state index is 0.550. The number of aromatic nitrogens is 1. The molecule has 0 aromatic carbocycles. The molecule has 0 aliphatic rings. The van der Waals surface area contributed by atoms with Crippen LogP contribution in [0.5, 0.6) is 0 Å². The normalized spacial score (nSPS) is 12.7. The third kappa shape index (κ3) is 6.47. The largest absolute Gasteiger partial charge is 0.354 e. The van der Waals surface area contributed by atoms with E-state index in [2.05, 4.69) is 62.0 Å². The number of pyridine rings is 1. The van der Waals surface area contributed by atoms with Crippen molar-refractivity contribution in [3.8, 4) is 0 Å². The van der Waals surface area contributed by atoms with Gasteiger partial charge in [0.05, 0.1) is 0 Å². The summed E-state index contributed by atoms with van der Waals surface area (Å²) in [5.41, 5.74) is 1.26. The Hall–Kier alpha value is -1.09. The molecular weight excluding hydrogens is 258 g/mol. The number of rotatable bonds is 10. The first kappa shape index (κ1) is 18.0. The molecule has 0 fully saturated rings. The molecule has 3 heteroatoms. The van der Waals surface area contributed by atoms with Crippen LogP contribution >= 0.6 is 0 Å². The summed E-state index contributed by atoms with van der Waals surface area (Å²) >= 11 is 0. The summed E-state index contributed by atoms with van der Waals surface area (Å²) in [6.45, 7) is 14.3. The first-order valence-electron chi connectivity index (χ1n) is 8.50. The number of nitrogens with one attached hydrogen (secondary N) is 1. The molecule has 0 saturated heterocycles. The Morgan fingerprint density at radius 3 is 2.48 bits per heavy atom. The highest BCUT2D eigenvalue weighted by molar-refractivity contribution is 5.40. The van der Waals surface area contributed by atoms with E-state index >= 15 is 0 Å². The molecule has 0 bridgehead atoms. The zero-order chi connectivity index (χ0) is 15.7. The van der Waals surface area contributed by atoms with Gasteiger partial charge in [0, 0.05) is 25.3 Å². The van der Waals surface area contributed by atoms with Crippen molar-refractivity contribution in [2.24, 2.45) is 5.92 Å². The third-order valence-electron chi connectivity index (χ3n) is 3.86. The van der Waals surface area contributed by atoms with E-state index in [1.54, 1.807) is 0 Å². The Kier molecular flexibility index (Phi) is 8.36. The van der Waals surface area contributed by atoms with E-state index < -0.39 is 0 Å². The average Bonchev–Trinajstić information content (AvgIpc) is 2.48. The maximum absolute atomic E-state index is 4.68. The first-order valence-corrected chi connectivity index (χ1v) is 8.50. The maximum atomic E-state index is 4.68. The van der Waals surface area contributed by atoms with Crippen LogP contribution < -0.4 is 10.2 Å². The van der Waals surface area contributed by atoms with Gasteiger partial charge in [-0.05, 0) is 43.9 Å². The molecule has 1 N–H and O–H groups in total. The van der Waals surface area contributed by atoms with Crippen molar-refractivity contribution in [3.05, 3.63) is 23.9 Å². The van der Waals surface area contributed by atoms with Gasteiger partial charge in [0.1, 0.15) is 5.82 Å². The van der Waals surface area contributed by atoms with Crippen LogP contribution in [0.2, 0.25) is 0 Å². The molecule has 0 aliphatic heterocycles. The number of hydrogen-bond acceptors (Lipinski definition) is 3. The fourth-order valence-corrected chi connectivity index (χ4v) is 2.31. The van der Waals surface area contributed by atoms with Crippen molar-refractivity contribution in [1.82, 2.24) is 10.3 Å². The van der Waals surface area contributed by atoms with Gasteiger partial charge in [-0.1, -0.05) is 40.2 Å². The van der Waals surface area contributed by atoms with Crippen LogP contribution in [0.3, 0.4) is 0 Å². The first-order chi connectivity index (χ1) is 10.1. The molecule has 0 saturated carbocycles. The lowest BCUT2D eigenvalue weighted by Crippen LogP contribution is -2.34. The lowest BCUT2D eigenvalue weighted by atomic mass is 10.2. The summed E-state index contributed by atoms with van der Waals surface area (Å²) in [5, 5.41) is 3.46. The summed E-state index contributed by atoms with van der Waals surface area (Å²) in [4.78, 5) is 7.12. The van der Waals surface area contributed by atoms with Gasteiger partial charge in [-0.15, -0.1) is 0 Å². The Morgan fingerprint density at radius 2 is 1.95 bits per heavy atom. The van der Waals surface area contributed by atoms with E-state index in [-0.39, 0.29) is 0 Å². The summed E-state index contributed by atoms with van der Waals surface area (Å²) < 4.78 is 0. The van der Waals surface area contributed by atoms with Crippen LogP contribution in [-0.4, -0.2) is 24.1 Å². The molecule has 1 rings (SSSR count). The van der Waals surface area contributed by atoms with Gasteiger partial charge in [0.25, 0.3) is 0 Å². The van der Waals surface area contributed by atoms with Crippen LogP contribution in [0, 0.1) is 5.92 Å². The number of unbranched alkanes of at least 4 members (excludes halogenated alkanes) is 1. The highest BCUT2D eigenvalue weighted by atomic mass is 15.2. The van der Waals surface area contributed by atoms with Crippen LogP contribution in [-0.2, 0) is 6.54 Å². The lowest BCUT2D eigenvalue weighted by molar-refractivity contribution is 0.551. The van der Waals surface area contributed by atoms with E-state index in [0.29, 0.717) is 12.0 Å². The SMILES string of the molecule is CCCCN(c1ccc(CNCC(C)C)cn1)C(C)CC. The second kappa shape index (κ2) is 9.78. The van der Waals surface area contributed by atoms with Gasteiger partial charge in [0.2, 0.25) is 0 Å². The summed E-state index contributed by atoms with van der Waals surface area (Å²) in [6, 6.07) is 4.93. The summed E-state index contributed by atoms with van der Waals surface area (Å²) in [6.07, 6.45) is 5.63. The Bertz CT molecular complexity index is 373. The van der Waals surface area contributed by atoms with Gasteiger partial charge in [-0.25, -0.2) is 4.98 Å². The molecule has 0 amide bonds. The minimum atomic E-state index is 0.550. The Morgan fingerprint density at radius 1 is 1.19 bits per heavy atom. The van der Waals surface area contributed by atoms with Crippen LogP contribution in [0.25, 0.3) is 0 Å². The topological polar surface area (TPSA) is 28.2 Å². The zero-order valence-electron chi connectivity index (χ0n) is 14.5. The molecule has 21 heavy (non-hydrogen) atoms. The molecule has 0 aliphatic carbocycles. The molecule has 0 radical (unpaired) electrons. The van der Waals surface area contributed by atoms with Crippen molar-refractivity contribution >= 4 is 5.82 Å². The number of anilines is 1. The predicted octanol–water partition coefficient (Wildman–Crippen LogP) is 4.23. The fourth-order valence-electron chi connectivity index (χ4n) is 2.31. The van der Waals surface area contributed by atoms with E-state index in [1.807, 2.05) is 6.20 Å². The highest BCUT2D eigenvalue weighted by Gasteiger charge is 2.13. The summed E-state index contributed by atoms with van der Waals surface area (Å²) in [5.74, 6) is 1.80. The van der Waals surface area contributed by atoms with E-state index in [0.717, 1.165) is 31.9 Å². The maximum Gasteiger partial charge on any atom is 0.128 e. The smallest absolute Gasteiger partial charge is 0.128 e.